The second-order valence-corrected chi connectivity index (χ2v) is 6.41. The fourth-order valence-corrected chi connectivity index (χ4v) is 3.21. The van der Waals surface area contributed by atoms with Gasteiger partial charge in [0.05, 0.1) is 6.04 Å². The maximum Gasteiger partial charge on any atom is 0.273 e. The van der Waals surface area contributed by atoms with Crippen molar-refractivity contribution in [3.05, 3.63) is 77.1 Å². The predicted molar refractivity (Wildman–Crippen MR) is 94.5 cm³/mol. The van der Waals surface area contributed by atoms with Gasteiger partial charge in [0.15, 0.2) is 0 Å². The second kappa shape index (κ2) is 6.93. The van der Waals surface area contributed by atoms with Crippen LogP contribution >= 0.6 is 11.3 Å². The van der Waals surface area contributed by atoms with E-state index in [1.807, 2.05) is 37.3 Å². The van der Waals surface area contributed by atoms with Crippen LogP contribution in [0.5, 0.6) is 0 Å². The number of halogens is 1. The molecule has 1 amide bonds. The van der Waals surface area contributed by atoms with E-state index < -0.39 is 0 Å². The standard InChI is InChI=1S/C19H17FN2OS/c1-13(14-6-4-3-5-7-14)22(2)19(23)17-12-24-18(21-17)15-8-10-16(20)11-9-15/h3-13H,1-2H3/t13-/m1/s1. The summed E-state index contributed by atoms with van der Waals surface area (Å²) in [6, 6.07) is 15.9. The van der Waals surface area contributed by atoms with Crippen molar-refractivity contribution in [2.45, 2.75) is 13.0 Å². The van der Waals surface area contributed by atoms with Crippen LogP contribution in [0.15, 0.2) is 60.0 Å². The van der Waals surface area contributed by atoms with Gasteiger partial charge >= 0.3 is 0 Å². The van der Waals surface area contributed by atoms with Gasteiger partial charge in [-0.1, -0.05) is 30.3 Å². The molecule has 0 aliphatic carbocycles. The lowest BCUT2D eigenvalue weighted by atomic mass is 10.1. The summed E-state index contributed by atoms with van der Waals surface area (Å²) in [7, 11) is 1.77. The Bertz CT molecular complexity index is 830. The lowest BCUT2D eigenvalue weighted by Gasteiger charge is -2.24. The number of nitrogens with zero attached hydrogens (tertiary/aromatic N) is 2. The van der Waals surface area contributed by atoms with Crippen LogP contribution in [0.2, 0.25) is 0 Å². The third kappa shape index (κ3) is 3.36. The molecule has 3 aromatic rings. The van der Waals surface area contributed by atoms with Crippen LogP contribution in [0.4, 0.5) is 4.39 Å². The summed E-state index contributed by atoms with van der Waals surface area (Å²) in [4.78, 5) is 18.8. The van der Waals surface area contributed by atoms with E-state index in [2.05, 4.69) is 4.98 Å². The van der Waals surface area contributed by atoms with Crippen molar-refractivity contribution in [3.63, 3.8) is 0 Å². The minimum Gasteiger partial charge on any atom is -0.334 e. The summed E-state index contributed by atoms with van der Waals surface area (Å²) < 4.78 is 13.0. The van der Waals surface area contributed by atoms with E-state index in [0.717, 1.165) is 11.1 Å². The van der Waals surface area contributed by atoms with E-state index in [-0.39, 0.29) is 17.8 Å². The first-order valence-electron chi connectivity index (χ1n) is 7.60. The monoisotopic (exact) mass is 340 g/mol. The van der Waals surface area contributed by atoms with E-state index in [9.17, 15) is 9.18 Å². The number of amides is 1. The molecular weight excluding hydrogens is 323 g/mol. The van der Waals surface area contributed by atoms with Gasteiger partial charge in [-0.2, -0.15) is 0 Å². The maximum absolute atomic E-state index is 13.0. The maximum atomic E-state index is 13.0. The molecule has 3 rings (SSSR count). The third-order valence-electron chi connectivity index (χ3n) is 4.00. The van der Waals surface area contributed by atoms with Crippen LogP contribution in [0.1, 0.15) is 29.0 Å². The van der Waals surface area contributed by atoms with E-state index in [0.29, 0.717) is 10.7 Å². The summed E-state index contributed by atoms with van der Waals surface area (Å²) in [6.07, 6.45) is 0. The molecule has 2 aromatic carbocycles. The molecule has 24 heavy (non-hydrogen) atoms. The highest BCUT2D eigenvalue weighted by atomic mass is 32.1. The minimum absolute atomic E-state index is 0.0466. The molecule has 0 spiro atoms. The first-order chi connectivity index (χ1) is 11.6. The molecule has 1 heterocycles. The van der Waals surface area contributed by atoms with Gasteiger partial charge in [-0.25, -0.2) is 9.37 Å². The first-order valence-corrected chi connectivity index (χ1v) is 8.48. The van der Waals surface area contributed by atoms with Crippen molar-refractivity contribution in [2.75, 3.05) is 7.05 Å². The van der Waals surface area contributed by atoms with E-state index in [1.165, 1.54) is 23.5 Å². The van der Waals surface area contributed by atoms with Gasteiger partial charge in [0.2, 0.25) is 0 Å². The topological polar surface area (TPSA) is 33.2 Å². The smallest absolute Gasteiger partial charge is 0.273 e. The zero-order valence-corrected chi connectivity index (χ0v) is 14.3. The van der Waals surface area contributed by atoms with Gasteiger partial charge in [0, 0.05) is 18.0 Å². The van der Waals surface area contributed by atoms with Crippen molar-refractivity contribution >= 4 is 17.2 Å². The molecule has 0 saturated heterocycles. The number of hydrogen-bond acceptors (Lipinski definition) is 3. The molecule has 0 fully saturated rings. The number of carbonyl (C=O) groups is 1. The molecule has 0 aliphatic rings. The summed E-state index contributed by atoms with van der Waals surface area (Å²) in [6.45, 7) is 1.99. The van der Waals surface area contributed by atoms with Gasteiger partial charge in [-0.15, -0.1) is 11.3 Å². The van der Waals surface area contributed by atoms with Gasteiger partial charge in [0.25, 0.3) is 5.91 Å². The van der Waals surface area contributed by atoms with Crippen LogP contribution < -0.4 is 0 Å². The molecule has 0 aliphatic heterocycles. The molecule has 0 unspecified atom stereocenters. The second-order valence-electron chi connectivity index (χ2n) is 5.55. The average Bonchev–Trinajstić information content (AvgIpc) is 3.11. The zero-order chi connectivity index (χ0) is 17.1. The SMILES string of the molecule is C[C@H](c1ccccc1)N(C)C(=O)c1csc(-c2ccc(F)cc2)n1. The molecule has 3 nitrogen and oxygen atoms in total. The van der Waals surface area contributed by atoms with Crippen molar-refractivity contribution < 1.29 is 9.18 Å². The Morgan fingerprint density at radius 1 is 1.12 bits per heavy atom. The number of benzene rings is 2. The fraction of sp³-hybridized carbons (Fsp3) is 0.158. The van der Waals surface area contributed by atoms with Crippen molar-refractivity contribution in [2.24, 2.45) is 0 Å². The minimum atomic E-state index is -0.289. The Kier molecular flexibility index (Phi) is 4.71. The van der Waals surface area contributed by atoms with E-state index in [1.54, 1.807) is 29.5 Å². The molecule has 0 saturated carbocycles. The van der Waals surface area contributed by atoms with E-state index >= 15 is 0 Å². The van der Waals surface area contributed by atoms with Crippen LogP contribution in [0.25, 0.3) is 10.6 Å². The third-order valence-corrected chi connectivity index (χ3v) is 4.89. The number of aromatic nitrogens is 1. The molecule has 1 atom stereocenters. The van der Waals surface area contributed by atoms with Crippen molar-refractivity contribution in [3.8, 4) is 10.6 Å². The highest BCUT2D eigenvalue weighted by molar-refractivity contribution is 7.13. The molecular formula is C19H17FN2OS. The molecule has 0 radical (unpaired) electrons. The summed E-state index contributed by atoms with van der Waals surface area (Å²) in [5.74, 6) is -0.418. The van der Waals surface area contributed by atoms with Gasteiger partial charge in [-0.05, 0) is 36.8 Å². The summed E-state index contributed by atoms with van der Waals surface area (Å²) in [5, 5.41) is 2.45. The van der Waals surface area contributed by atoms with Gasteiger partial charge in [0.1, 0.15) is 16.5 Å². The largest absolute Gasteiger partial charge is 0.334 e. The van der Waals surface area contributed by atoms with Crippen LogP contribution in [0, 0.1) is 5.82 Å². The Balaban J connectivity index is 1.79. The van der Waals surface area contributed by atoms with Gasteiger partial charge in [-0.3, -0.25) is 4.79 Å². The Labute approximate surface area is 144 Å². The van der Waals surface area contributed by atoms with Crippen LogP contribution in [-0.4, -0.2) is 22.8 Å². The summed E-state index contributed by atoms with van der Waals surface area (Å²) in [5.41, 5.74) is 2.28. The molecule has 5 heteroatoms. The lowest BCUT2D eigenvalue weighted by Crippen LogP contribution is -2.29. The molecule has 122 valence electrons. The molecule has 1 aromatic heterocycles. The van der Waals surface area contributed by atoms with Gasteiger partial charge < -0.3 is 4.90 Å². The first kappa shape index (κ1) is 16.3. The number of thiazole rings is 1. The highest BCUT2D eigenvalue weighted by Crippen LogP contribution is 2.26. The Morgan fingerprint density at radius 3 is 2.46 bits per heavy atom. The Morgan fingerprint density at radius 2 is 1.79 bits per heavy atom. The van der Waals surface area contributed by atoms with Crippen molar-refractivity contribution in [1.82, 2.24) is 9.88 Å². The zero-order valence-electron chi connectivity index (χ0n) is 13.4. The Hall–Kier alpha value is -2.53. The average molecular weight is 340 g/mol. The van der Waals surface area contributed by atoms with Crippen LogP contribution in [-0.2, 0) is 0 Å². The quantitative estimate of drug-likeness (QED) is 0.684. The number of rotatable bonds is 4. The normalized spacial score (nSPS) is 12.0. The van der Waals surface area contributed by atoms with Crippen molar-refractivity contribution in [1.29, 1.82) is 0 Å². The fourth-order valence-electron chi connectivity index (χ4n) is 2.41. The number of carbonyl (C=O) groups excluding carboxylic acids is 1. The number of hydrogen-bond donors (Lipinski definition) is 0. The predicted octanol–water partition coefficient (Wildman–Crippen LogP) is 4.78. The molecule has 0 bridgehead atoms. The van der Waals surface area contributed by atoms with E-state index in [4.69, 9.17) is 0 Å². The summed E-state index contributed by atoms with van der Waals surface area (Å²) >= 11 is 1.38. The lowest BCUT2D eigenvalue weighted by molar-refractivity contribution is 0.0737. The molecule has 0 N–H and O–H groups in total. The highest BCUT2D eigenvalue weighted by Gasteiger charge is 2.21. The van der Waals surface area contributed by atoms with Crippen LogP contribution in [0.3, 0.4) is 0 Å².